The van der Waals surface area contributed by atoms with E-state index in [2.05, 4.69) is 32.2 Å². The summed E-state index contributed by atoms with van der Waals surface area (Å²) in [6.45, 7) is 4.31. The van der Waals surface area contributed by atoms with Crippen molar-refractivity contribution in [1.29, 1.82) is 0 Å². The zero-order valence-electron chi connectivity index (χ0n) is 11.8. The van der Waals surface area contributed by atoms with Gasteiger partial charge in [0.15, 0.2) is 0 Å². The van der Waals surface area contributed by atoms with Crippen LogP contribution in [0, 0.1) is 6.92 Å². The van der Waals surface area contributed by atoms with E-state index in [0.29, 0.717) is 5.92 Å². The minimum absolute atomic E-state index is 0.225. The monoisotopic (exact) mass is 261 g/mol. The van der Waals surface area contributed by atoms with Gasteiger partial charge in [0.1, 0.15) is 0 Å². The second-order valence-corrected chi connectivity index (χ2v) is 5.78. The van der Waals surface area contributed by atoms with Crippen molar-refractivity contribution in [3.8, 4) is 0 Å². The SMILES string of the molecule is COC(=O)N1c2ccc(C)cc2[C@@H]2C[NH+](C)CC[C@H]21. The van der Waals surface area contributed by atoms with Crippen LogP contribution in [0.15, 0.2) is 18.2 Å². The molecule has 19 heavy (non-hydrogen) atoms. The maximum absolute atomic E-state index is 12.1. The van der Waals surface area contributed by atoms with Crippen molar-refractivity contribution in [2.75, 3.05) is 32.1 Å². The number of aryl methyl sites for hydroxylation is 1. The summed E-state index contributed by atoms with van der Waals surface area (Å²) in [4.78, 5) is 15.5. The van der Waals surface area contributed by atoms with E-state index in [9.17, 15) is 4.79 Å². The molecule has 1 fully saturated rings. The normalized spacial score (nSPS) is 28.8. The Balaban J connectivity index is 2.06. The Labute approximate surface area is 113 Å². The van der Waals surface area contributed by atoms with Crippen molar-refractivity contribution in [2.45, 2.75) is 25.3 Å². The number of piperidine rings is 1. The number of benzene rings is 1. The molecule has 0 radical (unpaired) electrons. The van der Waals surface area contributed by atoms with Gasteiger partial charge in [0.2, 0.25) is 0 Å². The molecule has 2 heterocycles. The Hall–Kier alpha value is -1.55. The van der Waals surface area contributed by atoms with E-state index in [-0.39, 0.29) is 12.1 Å². The van der Waals surface area contributed by atoms with E-state index >= 15 is 0 Å². The van der Waals surface area contributed by atoms with Crippen LogP contribution in [-0.4, -0.2) is 39.4 Å². The molecule has 0 bridgehead atoms. The van der Waals surface area contributed by atoms with E-state index in [4.69, 9.17) is 4.74 Å². The van der Waals surface area contributed by atoms with Crippen LogP contribution in [0.2, 0.25) is 0 Å². The van der Waals surface area contributed by atoms with Gasteiger partial charge < -0.3 is 9.64 Å². The fraction of sp³-hybridized carbons (Fsp3) is 0.533. The summed E-state index contributed by atoms with van der Waals surface area (Å²) in [7, 11) is 3.69. The van der Waals surface area contributed by atoms with E-state index in [0.717, 1.165) is 25.2 Å². The average molecular weight is 261 g/mol. The molecule has 1 saturated heterocycles. The van der Waals surface area contributed by atoms with Crippen LogP contribution in [0.3, 0.4) is 0 Å². The molecule has 1 aromatic rings. The second kappa shape index (κ2) is 4.53. The first kappa shape index (κ1) is 12.5. The van der Waals surface area contributed by atoms with Crippen LogP contribution in [0.25, 0.3) is 0 Å². The molecular weight excluding hydrogens is 240 g/mol. The number of carbonyl (C=O) groups is 1. The van der Waals surface area contributed by atoms with Crippen molar-refractivity contribution < 1.29 is 14.4 Å². The minimum atomic E-state index is -0.225. The predicted octanol–water partition coefficient (Wildman–Crippen LogP) is 0.952. The number of carbonyl (C=O) groups excluding carboxylic acids is 1. The van der Waals surface area contributed by atoms with Gasteiger partial charge in [-0.05, 0) is 18.6 Å². The Kier molecular flexibility index (Phi) is 2.97. The Bertz CT molecular complexity index is 515. The van der Waals surface area contributed by atoms with Crippen molar-refractivity contribution in [2.24, 2.45) is 0 Å². The van der Waals surface area contributed by atoms with Crippen LogP contribution < -0.4 is 9.80 Å². The molecular formula is C15H21N2O2+. The molecule has 3 rings (SSSR count). The molecule has 3 atom stereocenters. The molecule has 4 nitrogen and oxygen atoms in total. The van der Waals surface area contributed by atoms with Crippen molar-refractivity contribution in [1.82, 2.24) is 0 Å². The van der Waals surface area contributed by atoms with Gasteiger partial charge in [0, 0.05) is 6.42 Å². The summed E-state index contributed by atoms with van der Waals surface area (Å²) in [5.74, 6) is 0.447. The zero-order chi connectivity index (χ0) is 13.6. The summed E-state index contributed by atoms with van der Waals surface area (Å²) in [6.07, 6.45) is 0.816. The minimum Gasteiger partial charge on any atom is -0.452 e. The number of quaternary nitrogens is 1. The lowest BCUT2D eigenvalue weighted by molar-refractivity contribution is -0.886. The number of hydrogen-bond acceptors (Lipinski definition) is 2. The molecule has 1 unspecified atom stereocenters. The van der Waals surface area contributed by atoms with Crippen LogP contribution >= 0.6 is 0 Å². The lowest BCUT2D eigenvalue weighted by Crippen LogP contribution is -3.11. The Morgan fingerprint density at radius 3 is 3.00 bits per heavy atom. The number of hydrogen-bond donors (Lipinski definition) is 1. The predicted molar refractivity (Wildman–Crippen MR) is 73.8 cm³/mol. The van der Waals surface area contributed by atoms with Gasteiger partial charge in [-0.2, -0.15) is 0 Å². The maximum Gasteiger partial charge on any atom is 0.414 e. The average Bonchev–Trinajstić information content (AvgIpc) is 2.71. The molecule has 1 N–H and O–H groups in total. The summed E-state index contributed by atoms with van der Waals surface area (Å²) >= 11 is 0. The number of fused-ring (bicyclic) bond motifs is 3. The van der Waals surface area contributed by atoms with E-state index < -0.39 is 0 Å². The lowest BCUT2D eigenvalue weighted by atomic mass is 9.89. The number of ether oxygens (including phenoxy) is 1. The summed E-state index contributed by atoms with van der Waals surface area (Å²) in [5, 5.41) is 0. The van der Waals surface area contributed by atoms with Crippen LogP contribution in [0.1, 0.15) is 23.5 Å². The third-order valence-electron chi connectivity index (χ3n) is 4.44. The van der Waals surface area contributed by atoms with Crippen molar-refractivity contribution in [3.63, 3.8) is 0 Å². The highest BCUT2D eigenvalue weighted by atomic mass is 16.5. The molecule has 0 aromatic heterocycles. The molecule has 4 heteroatoms. The van der Waals surface area contributed by atoms with Gasteiger partial charge in [-0.3, -0.25) is 4.90 Å². The molecule has 0 aliphatic carbocycles. The van der Waals surface area contributed by atoms with Crippen LogP contribution in [0.5, 0.6) is 0 Å². The lowest BCUT2D eigenvalue weighted by Gasteiger charge is -2.33. The largest absolute Gasteiger partial charge is 0.452 e. The van der Waals surface area contributed by atoms with Gasteiger partial charge in [0.25, 0.3) is 0 Å². The topological polar surface area (TPSA) is 34.0 Å². The first-order chi connectivity index (χ1) is 9.11. The highest BCUT2D eigenvalue weighted by Gasteiger charge is 2.46. The van der Waals surface area contributed by atoms with Crippen LogP contribution in [0.4, 0.5) is 10.5 Å². The van der Waals surface area contributed by atoms with Crippen LogP contribution in [-0.2, 0) is 4.74 Å². The fourth-order valence-corrected chi connectivity index (χ4v) is 3.54. The fourth-order valence-electron chi connectivity index (χ4n) is 3.54. The number of anilines is 1. The summed E-state index contributed by atoms with van der Waals surface area (Å²) in [5.41, 5.74) is 3.61. The first-order valence-corrected chi connectivity index (χ1v) is 6.91. The number of likely N-dealkylation sites (tertiary alicyclic amines) is 1. The number of methoxy groups -OCH3 is 1. The Morgan fingerprint density at radius 1 is 1.47 bits per heavy atom. The first-order valence-electron chi connectivity index (χ1n) is 6.91. The third kappa shape index (κ3) is 1.91. The molecule has 0 saturated carbocycles. The van der Waals surface area contributed by atoms with Gasteiger partial charge >= 0.3 is 6.09 Å². The van der Waals surface area contributed by atoms with E-state index in [1.54, 1.807) is 4.90 Å². The van der Waals surface area contributed by atoms with Crippen molar-refractivity contribution in [3.05, 3.63) is 29.3 Å². The van der Waals surface area contributed by atoms with Gasteiger partial charge in [0.05, 0.1) is 44.9 Å². The number of amides is 1. The van der Waals surface area contributed by atoms with E-state index in [1.165, 1.54) is 18.2 Å². The molecule has 0 spiro atoms. The Morgan fingerprint density at radius 2 is 2.26 bits per heavy atom. The highest BCUT2D eigenvalue weighted by molar-refractivity contribution is 5.92. The summed E-state index contributed by atoms with van der Waals surface area (Å²) < 4.78 is 4.98. The number of nitrogens with zero attached hydrogens (tertiary/aromatic N) is 1. The van der Waals surface area contributed by atoms with Crippen molar-refractivity contribution >= 4 is 11.8 Å². The highest BCUT2D eigenvalue weighted by Crippen LogP contribution is 2.43. The van der Waals surface area contributed by atoms with E-state index in [1.807, 2.05) is 4.90 Å². The molecule has 1 aromatic carbocycles. The molecule has 2 aliphatic heterocycles. The number of likely N-dealkylation sites (N-methyl/N-ethyl adjacent to an activating group) is 1. The number of nitrogens with one attached hydrogen (secondary N) is 1. The molecule has 2 aliphatic rings. The molecule has 1 amide bonds. The zero-order valence-corrected chi connectivity index (χ0v) is 11.8. The third-order valence-corrected chi connectivity index (χ3v) is 4.44. The molecule has 102 valence electrons. The standard InChI is InChI=1S/C15H20N2O2/c1-10-4-5-13-11(8-10)12-9-16(2)7-6-14(12)17(13)15(18)19-3/h4-5,8,12,14H,6-7,9H2,1-3H3/p+1/t12-,14+/m0/s1. The second-order valence-electron chi connectivity index (χ2n) is 5.78. The number of rotatable bonds is 0. The quantitative estimate of drug-likeness (QED) is 0.754. The summed E-state index contributed by atoms with van der Waals surface area (Å²) in [6, 6.07) is 6.64. The smallest absolute Gasteiger partial charge is 0.414 e. The van der Waals surface area contributed by atoms with Gasteiger partial charge in [-0.25, -0.2) is 4.79 Å². The van der Waals surface area contributed by atoms with Gasteiger partial charge in [-0.15, -0.1) is 0 Å². The maximum atomic E-state index is 12.1. The van der Waals surface area contributed by atoms with Gasteiger partial charge in [-0.1, -0.05) is 17.7 Å².